The van der Waals surface area contributed by atoms with Crippen molar-refractivity contribution in [1.29, 1.82) is 0 Å². The lowest BCUT2D eigenvalue weighted by Gasteiger charge is -2.34. The fraction of sp³-hybridized carbons (Fsp3) is 0.800. The van der Waals surface area contributed by atoms with E-state index < -0.39 is 47.2 Å². The largest absolute Gasteiger partial charge is 0.481 e. The van der Waals surface area contributed by atoms with Crippen molar-refractivity contribution in [3.63, 3.8) is 0 Å². The molecule has 1 aliphatic rings. The van der Waals surface area contributed by atoms with Crippen LogP contribution in [0.3, 0.4) is 0 Å². The first-order valence-corrected chi connectivity index (χ1v) is 23.3. The summed E-state index contributed by atoms with van der Waals surface area (Å²) >= 11 is 0. The highest BCUT2D eigenvalue weighted by Gasteiger charge is 2.33. The van der Waals surface area contributed by atoms with E-state index in [0.717, 1.165) is 0 Å². The van der Waals surface area contributed by atoms with Gasteiger partial charge in [0.25, 0.3) is 0 Å². The molecule has 384 valence electrons. The molecule has 9 N–H and O–H groups in total. The smallest absolute Gasteiger partial charge is 0.326 e. The highest BCUT2D eigenvalue weighted by atomic mass is 16.5. The Hall–Kier alpha value is -4.93. The van der Waals surface area contributed by atoms with Crippen LogP contribution in [0.5, 0.6) is 0 Å². The van der Waals surface area contributed by atoms with Crippen molar-refractivity contribution >= 4 is 53.4 Å². The molecule has 0 spiro atoms. The maximum Gasteiger partial charge on any atom is 0.326 e. The molecular weight excluding hydrogens is 881 g/mol. The SMILES string of the molecule is CCC(=O)NCCCCC(NC(=O)COCCOCCNC(=O)COCCOCCNC(=O)CCC(NC(=O)C1CCC(CNC(=O)CC(C)(C)CC(C)(C)CC(=O)O)CC1)C(=O)O)C(=O)O. The first kappa shape index (κ1) is 60.1. The normalized spacial score (nSPS) is 15.9. The number of rotatable bonds is 38. The molecule has 0 heterocycles. The number of hydrogen-bond donors (Lipinski definition) is 9. The fourth-order valence-electron chi connectivity index (χ4n) is 7.79. The molecule has 0 aromatic carbocycles. The minimum absolute atomic E-state index is 0.0186. The van der Waals surface area contributed by atoms with Crippen molar-refractivity contribution in [2.45, 2.75) is 130 Å². The van der Waals surface area contributed by atoms with Crippen molar-refractivity contribution in [1.82, 2.24) is 31.9 Å². The van der Waals surface area contributed by atoms with Crippen LogP contribution in [-0.4, -0.2) is 160 Å². The molecule has 0 saturated heterocycles. The molecule has 1 saturated carbocycles. The van der Waals surface area contributed by atoms with Crippen LogP contribution in [0.4, 0.5) is 0 Å². The van der Waals surface area contributed by atoms with E-state index in [1.807, 2.05) is 27.7 Å². The molecule has 0 bridgehead atoms. The Bertz CT molecular complexity index is 1570. The number of ether oxygens (including phenoxy) is 4. The predicted molar refractivity (Wildman–Crippen MR) is 242 cm³/mol. The topological polar surface area (TPSA) is 323 Å². The molecule has 6 amide bonds. The van der Waals surface area contributed by atoms with Gasteiger partial charge in [-0.05, 0) is 74.5 Å². The van der Waals surface area contributed by atoms with Gasteiger partial charge >= 0.3 is 17.9 Å². The van der Waals surface area contributed by atoms with Gasteiger partial charge in [0, 0.05) is 51.4 Å². The molecule has 0 aliphatic heterocycles. The lowest BCUT2D eigenvalue weighted by atomic mass is 9.71. The summed E-state index contributed by atoms with van der Waals surface area (Å²) in [6, 6.07) is -2.30. The van der Waals surface area contributed by atoms with Gasteiger partial charge in [-0.1, -0.05) is 34.6 Å². The highest BCUT2D eigenvalue weighted by molar-refractivity contribution is 5.86. The molecule has 0 aromatic rings. The van der Waals surface area contributed by atoms with Gasteiger partial charge in [0.1, 0.15) is 25.3 Å². The standard InChI is InChI=1S/C45H78N6O16/c1-6-35(52)46-16-8-7-9-33(42(60)61)50-39(56)29-67-24-22-65-20-18-48-38(55)28-66-23-21-64-19-17-47-36(53)15-14-34(43(62)63)51-41(59)32-12-10-31(11-13-32)27-49-37(54)25-44(2,3)30-45(4,5)26-40(57)58/h31-34H,6-30H2,1-5H3,(H,46,52)(H,47,53)(H,48,55)(H,49,54)(H,50,56)(H,51,59)(H,57,58)(H,60,61)(H,62,63). The van der Waals surface area contributed by atoms with Gasteiger partial charge in [-0.15, -0.1) is 0 Å². The molecule has 22 nitrogen and oxygen atoms in total. The van der Waals surface area contributed by atoms with E-state index in [9.17, 15) is 58.5 Å². The van der Waals surface area contributed by atoms with Gasteiger partial charge < -0.3 is 66.2 Å². The molecule has 2 unspecified atom stereocenters. The second kappa shape index (κ2) is 33.5. The van der Waals surface area contributed by atoms with E-state index >= 15 is 0 Å². The summed E-state index contributed by atoms with van der Waals surface area (Å²) in [4.78, 5) is 108. The number of carbonyl (C=O) groups is 9. The predicted octanol–water partition coefficient (Wildman–Crippen LogP) is 1.13. The highest BCUT2D eigenvalue weighted by Crippen LogP contribution is 2.38. The Morgan fingerprint density at radius 2 is 1.07 bits per heavy atom. The molecule has 67 heavy (non-hydrogen) atoms. The first-order valence-electron chi connectivity index (χ1n) is 23.3. The van der Waals surface area contributed by atoms with Crippen LogP contribution in [0, 0.1) is 22.7 Å². The number of carboxylic acid groups (broad SMARTS) is 3. The summed E-state index contributed by atoms with van der Waals surface area (Å²) in [5.74, 6) is -5.40. The number of unbranched alkanes of at least 4 members (excludes halogenated alkanes) is 1. The minimum Gasteiger partial charge on any atom is -0.481 e. The summed E-state index contributed by atoms with van der Waals surface area (Å²) in [5.41, 5.74) is -0.836. The summed E-state index contributed by atoms with van der Waals surface area (Å²) in [6.45, 7) is 10.9. The van der Waals surface area contributed by atoms with Crippen molar-refractivity contribution in [2.24, 2.45) is 22.7 Å². The second-order valence-electron chi connectivity index (χ2n) is 18.4. The van der Waals surface area contributed by atoms with Gasteiger partial charge in [-0.3, -0.25) is 33.6 Å². The minimum atomic E-state index is -1.24. The maximum absolute atomic E-state index is 13.0. The lowest BCUT2D eigenvalue weighted by Crippen LogP contribution is -2.45. The van der Waals surface area contributed by atoms with E-state index in [-0.39, 0.29) is 139 Å². The van der Waals surface area contributed by atoms with Crippen LogP contribution >= 0.6 is 0 Å². The summed E-state index contributed by atoms with van der Waals surface area (Å²) < 4.78 is 21.2. The molecule has 22 heteroatoms. The monoisotopic (exact) mass is 959 g/mol. The molecule has 0 radical (unpaired) electrons. The zero-order valence-corrected chi connectivity index (χ0v) is 40.1. The molecular formula is C45H78N6O16. The van der Waals surface area contributed by atoms with Crippen molar-refractivity contribution < 1.29 is 77.4 Å². The lowest BCUT2D eigenvalue weighted by molar-refractivity contribution is -0.143. The average Bonchev–Trinajstić information content (AvgIpc) is 3.24. The third-order valence-electron chi connectivity index (χ3n) is 10.8. The Labute approximate surface area is 393 Å². The summed E-state index contributed by atoms with van der Waals surface area (Å²) in [5, 5.41) is 44.2. The molecule has 1 fully saturated rings. The number of carboxylic acids is 3. The van der Waals surface area contributed by atoms with E-state index in [1.165, 1.54) is 0 Å². The number of hydrogen-bond acceptors (Lipinski definition) is 13. The van der Waals surface area contributed by atoms with E-state index in [1.54, 1.807) is 6.92 Å². The van der Waals surface area contributed by atoms with Gasteiger partial charge in [0.15, 0.2) is 0 Å². The van der Waals surface area contributed by atoms with E-state index in [0.29, 0.717) is 64.5 Å². The molecule has 1 aliphatic carbocycles. The Morgan fingerprint density at radius 1 is 0.552 bits per heavy atom. The quantitative estimate of drug-likeness (QED) is 0.0392. The van der Waals surface area contributed by atoms with Gasteiger partial charge in [-0.2, -0.15) is 0 Å². The van der Waals surface area contributed by atoms with E-state index in [4.69, 9.17) is 18.9 Å². The molecule has 2 atom stereocenters. The van der Waals surface area contributed by atoms with Crippen LogP contribution in [-0.2, 0) is 62.1 Å². The fourth-order valence-corrected chi connectivity index (χ4v) is 7.79. The molecule has 0 aromatic heterocycles. The summed E-state index contributed by atoms with van der Waals surface area (Å²) in [7, 11) is 0. The van der Waals surface area contributed by atoms with Gasteiger partial charge in [0.05, 0.1) is 46.1 Å². The number of carbonyl (C=O) groups excluding carboxylic acids is 6. The van der Waals surface area contributed by atoms with Crippen molar-refractivity contribution in [3.8, 4) is 0 Å². The average molecular weight is 959 g/mol. The van der Waals surface area contributed by atoms with Crippen LogP contribution in [0.25, 0.3) is 0 Å². The van der Waals surface area contributed by atoms with Crippen LogP contribution < -0.4 is 31.9 Å². The van der Waals surface area contributed by atoms with Crippen molar-refractivity contribution in [2.75, 3.05) is 79.0 Å². The summed E-state index contributed by atoms with van der Waals surface area (Å²) in [6.07, 6.45) is 4.76. The zero-order chi connectivity index (χ0) is 50.3. The van der Waals surface area contributed by atoms with Gasteiger partial charge in [-0.25, -0.2) is 9.59 Å². The number of nitrogens with one attached hydrogen (secondary N) is 6. The third-order valence-corrected chi connectivity index (χ3v) is 10.8. The van der Waals surface area contributed by atoms with Crippen LogP contribution in [0.1, 0.15) is 118 Å². The Balaban J connectivity index is 2.11. The van der Waals surface area contributed by atoms with Crippen LogP contribution in [0.2, 0.25) is 0 Å². The Kier molecular flexibility index (Phi) is 30.1. The zero-order valence-electron chi connectivity index (χ0n) is 40.1. The number of aliphatic carboxylic acids is 3. The Morgan fingerprint density at radius 3 is 1.64 bits per heavy atom. The van der Waals surface area contributed by atoms with Crippen LogP contribution in [0.15, 0.2) is 0 Å². The van der Waals surface area contributed by atoms with Crippen molar-refractivity contribution in [3.05, 3.63) is 0 Å². The first-order chi connectivity index (χ1) is 31.6. The second-order valence-corrected chi connectivity index (χ2v) is 18.4. The maximum atomic E-state index is 13.0. The van der Waals surface area contributed by atoms with E-state index in [2.05, 4.69) is 31.9 Å². The third kappa shape index (κ3) is 30.9. The molecule has 1 rings (SSSR count). The number of amides is 6. The van der Waals surface area contributed by atoms with Gasteiger partial charge in [0.2, 0.25) is 35.4 Å².